The minimum absolute atomic E-state index is 0.0147. The van der Waals surface area contributed by atoms with Crippen molar-refractivity contribution in [3.05, 3.63) is 64.1 Å². The fourth-order valence-corrected chi connectivity index (χ4v) is 3.79. The molecule has 2 aromatic heterocycles. The zero-order valence-corrected chi connectivity index (χ0v) is 14.1. The second-order valence-corrected chi connectivity index (χ2v) is 6.69. The topological polar surface area (TPSA) is 47.4 Å². The molecule has 0 atom stereocenters. The molecule has 5 nitrogen and oxygen atoms in total. The third kappa shape index (κ3) is 2.69. The quantitative estimate of drug-likeness (QED) is 0.736. The molecule has 24 heavy (non-hydrogen) atoms. The molecule has 6 heteroatoms. The van der Waals surface area contributed by atoms with E-state index in [4.69, 9.17) is 4.74 Å². The standard InChI is InChI=1S/C18H17N3O2S/c1-23-15-4-2-14(3-5-15)21-10-6-16(19-21)18(22)20-9-7-17-13(12-20)8-11-24-17/h2-6,8,10-11H,7,9,12H2,1H3. The van der Waals surface area contributed by atoms with Gasteiger partial charge in [-0.1, -0.05) is 0 Å². The Morgan fingerprint density at radius 3 is 2.83 bits per heavy atom. The Hall–Kier alpha value is -2.60. The molecule has 4 rings (SSSR count). The van der Waals surface area contributed by atoms with Gasteiger partial charge in [0.1, 0.15) is 5.75 Å². The molecule has 0 aliphatic carbocycles. The molecule has 0 bridgehead atoms. The van der Waals surface area contributed by atoms with Crippen molar-refractivity contribution >= 4 is 17.2 Å². The molecular formula is C18H17N3O2S. The molecule has 0 saturated heterocycles. The number of amides is 1. The average molecular weight is 339 g/mol. The molecule has 1 aromatic carbocycles. The van der Waals surface area contributed by atoms with E-state index in [2.05, 4.69) is 16.5 Å². The summed E-state index contributed by atoms with van der Waals surface area (Å²) in [6.07, 6.45) is 2.74. The van der Waals surface area contributed by atoms with Gasteiger partial charge in [0, 0.05) is 24.2 Å². The number of rotatable bonds is 3. The maximum Gasteiger partial charge on any atom is 0.274 e. The number of aromatic nitrogens is 2. The van der Waals surface area contributed by atoms with Gasteiger partial charge in [0.15, 0.2) is 5.69 Å². The number of hydrogen-bond acceptors (Lipinski definition) is 4. The van der Waals surface area contributed by atoms with Gasteiger partial charge in [-0.25, -0.2) is 4.68 Å². The minimum atomic E-state index is -0.0147. The van der Waals surface area contributed by atoms with E-state index in [0.717, 1.165) is 24.4 Å². The number of methoxy groups -OCH3 is 1. The number of thiophene rings is 1. The fraction of sp³-hybridized carbons (Fsp3) is 0.222. The van der Waals surface area contributed by atoms with Crippen molar-refractivity contribution in [1.82, 2.24) is 14.7 Å². The van der Waals surface area contributed by atoms with E-state index in [1.165, 1.54) is 10.4 Å². The lowest BCUT2D eigenvalue weighted by atomic mass is 10.1. The number of nitrogens with zero attached hydrogens (tertiary/aromatic N) is 3. The monoisotopic (exact) mass is 339 g/mol. The van der Waals surface area contributed by atoms with Crippen molar-refractivity contribution in [2.45, 2.75) is 13.0 Å². The summed E-state index contributed by atoms with van der Waals surface area (Å²) in [5, 5.41) is 6.54. The Balaban J connectivity index is 1.53. The van der Waals surface area contributed by atoms with E-state index in [1.807, 2.05) is 35.4 Å². The Bertz CT molecular complexity index is 867. The smallest absolute Gasteiger partial charge is 0.274 e. The van der Waals surface area contributed by atoms with Gasteiger partial charge in [-0.2, -0.15) is 5.10 Å². The number of carbonyl (C=O) groups is 1. The Kier molecular flexibility index (Phi) is 3.82. The predicted octanol–water partition coefficient (Wildman–Crippen LogP) is 3.14. The van der Waals surface area contributed by atoms with Crippen LogP contribution in [0.4, 0.5) is 0 Å². The normalized spacial score (nSPS) is 13.6. The van der Waals surface area contributed by atoms with Crippen LogP contribution in [0.3, 0.4) is 0 Å². The van der Waals surface area contributed by atoms with Gasteiger partial charge in [0.05, 0.1) is 12.8 Å². The summed E-state index contributed by atoms with van der Waals surface area (Å²) < 4.78 is 6.88. The molecule has 3 aromatic rings. The first-order chi connectivity index (χ1) is 11.7. The predicted molar refractivity (Wildman–Crippen MR) is 92.9 cm³/mol. The van der Waals surface area contributed by atoms with E-state index in [1.54, 1.807) is 29.2 Å². The summed E-state index contributed by atoms with van der Waals surface area (Å²) in [7, 11) is 1.64. The third-order valence-electron chi connectivity index (χ3n) is 4.24. The number of ether oxygens (including phenoxy) is 1. The molecule has 0 unspecified atom stereocenters. The van der Waals surface area contributed by atoms with Crippen molar-refractivity contribution in [2.75, 3.05) is 13.7 Å². The van der Waals surface area contributed by atoms with Crippen LogP contribution in [0.5, 0.6) is 5.75 Å². The number of hydrogen-bond donors (Lipinski definition) is 0. The van der Waals surface area contributed by atoms with Gasteiger partial charge in [0.25, 0.3) is 5.91 Å². The molecule has 1 amide bonds. The van der Waals surface area contributed by atoms with E-state index >= 15 is 0 Å². The maximum absolute atomic E-state index is 12.7. The highest BCUT2D eigenvalue weighted by Gasteiger charge is 2.24. The van der Waals surface area contributed by atoms with Crippen molar-refractivity contribution in [1.29, 1.82) is 0 Å². The van der Waals surface area contributed by atoms with Gasteiger partial charge in [-0.3, -0.25) is 4.79 Å². The number of benzene rings is 1. The van der Waals surface area contributed by atoms with Crippen LogP contribution in [0.25, 0.3) is 5.69 Å². The third-order valence-corrected chi connectivity index (χ3v) is 5.26. The molecule has 1 aliphatic heterocycles. The van der Waals surface area contributed by atoms with E-state index in [-0.39, 0.29) is 5.91 Å². The van der Waals surface area contributed by atoms with Gasteiger partial charge in [0.2, 0.25) is 0 Å². The van der Waals surface area contributed by atoms with Crippen molar-refractivity contribution in [2.24, 2.45) is 0 Å². The number of carbonyl (C=O) groups excluding carboxylic acids is 1. The zero-order chi connectivity index (χ0) is 16.5. The average Bonchev–Trinajstić information content (AvgIpc) is 3.30. The largest absolute Gasteiger partial charge is 0.497 e. The van der Waals surface area contributed by atoms with Crippen molar-refractivity contribution in [3.8, 4) is 11.4 Å². The molecule has 122 valence electrons. The van der Waals surface area contributed by atoms with Crippen LogP contribution in [0, 0.1) is 0 Å². The van der Waals surface area contributed by atoms with E-state index in [0.29, 0.717) is 12.2 Å². The second-order valence-electron chi connectivity index (χ2n) is 5.69. The summed E-state index contributed by atoms with van der Waals surface area (Å²) in [6.45, 7) is 1.43. The van der Waals surface area contributed by atoms with Gasteiger partial charge >= 0.3 is 0 Å². The zero-order valence-electron chi connectivity index (χ0n) is 13.3. The minimum Gasteiger partial charge on any atom is -0.497 e. The molecule has 3 heterocycles. The first-order valence-electron chi connectivity index (χ1n) is 7.79. The molecular weight excluding hydrogens is 322 g/mol. The highest BCUT2D eigenvalue weighted by Crippen LogP contribution is 2.25. The van der Waals surface area contributed by atoms with Crippen molar-refractivity contribution in [3.63, 3.8) is 0 Å². The number of fused-ring (bicyclic) bond motifs is 1. The lowest BCUT2D eigenvalue weighted by Crippen LogP contribution is -2.35. The Labute approximate surface area is 144 Å². The molecule has 0 spiro atoms. The van der Waals surface area contributed by atoms with Crippen LogP contribution >= 0.6 is 11.3 Å². The summed E-state index contributed by atoms with van der Waals surface area (Å²) in [4.78, 5) is 16.0. The van der Waals surface area contributed by atoms with E-state index < -0.39 is 0 Å². The van der Waals surface area contributed by atoms with Gasteiger partial charge in [-0.15, -0.1) is 11.3 Å². The summed E-state index contributed by atoms with van der Waals surface area (Å²) in [5.74, 6) is 0.779. The molecule has 0 N–H and O–H groups in total. The summed E-state index contributed by atoms with van der Waals surface area (Å²) >= 11 is 1.77. The Morgan fingerprint density at radius 1 is 1.21 bits per heavy atom. The SMILES string of the molecule is COc1ccc(-n2ccc(C(=O)N3CCc4sccc4C3)n2)cc1. The molecule has 1 aliphatic rings. The summed E-state index contributed by atoms with van der Waals surface area (Å²) in [6, 6.07) is 11.5. The fourth-order valence-electron chi connectivity index (χ4n) is 2.90. The van der Waals surface area contributed by atoms with Crippen LogP contribution in [-0.4, -0.2) is 34.2 Å². The Morgan fingerprint density at radius 2 is 2.04 bits per heavy atom. The lowest BCUT2D eigenvalue weighted by molar-refractivity contribution is 0.0729. The van der Waals surface area contributed by atoms with Crippen LogP contribution < -0.4 is 4.74 Å². The van der Waals surface area contributed by atoms with Crippen LogP contribution in [-0.2, 0) is 13.0 Å². The highest BCUT2D eigenvalue weighted by molar-refractivity contribution is 7.10. The lowest BCUT2D eigenvalue weighted by Gasteiger charge is -2.26. The van der Waals surface area contributed by atoms with Gasteiger partial charge in [-0.05, 0) is 53.8 Å². The van der Waals surface area contributed by atoms with E-state index in [9.17, 15) is 4.79 Å². The molecule has 0 fully saturated rings. The van der Waals surface area contributed by atoms with Crippen LogP contribution in [0.15, 0.2) is 48.0 Å². The summed E-state index contributed by atoms with van der Waals surface area (Å²) in [5.41, 5.74) is 2.63. The van der Waals surface area contributed by atoms with Crippen LogP contribution in [0.2, 0.25) is 0 Å². The van der Waals surface area contributed by atoms with Crippen molar-refractivity contribution < 1.29 is 9.53 Å². The highest BCUT2D eigenvalue weighted by atomic mass is 32.1. The molecule has 0 saturated carbocycles. The first-order valence-corrected chi connectivity index (χ1v) is 8.67. The molecule has 0 radical (unpaired) electrons. The van der Waals surface area contributed by atoms with Crippen LogP contribution in [0.1, 0.15) is 20.9 Å². The second kappa shape index (κ2) is 6.13. The maximum atomic E-state index is 12.7. The van der Waals surface area contributed by atoms with Gasteiger partial charge < -0.3 is 9.64 Å². The first kappa shape index (κ1) is 15.0.